The van der Waals surface area contributed by atoms with E-state index in [0.717, 1.165) is 11.1 Å². The molecule has 23 heavy (non-hydrogen) atoms. The largest absolute Gasteiger partial charge is 0.461 e. The highest BCUT2D eigenvalue weighted by Gasteiger charge is 2.20. The number of nitrogens with two attached hydrogens (primary N) is 1. The van der Waals surface area contributed by atoms with E-state index in [1.807, 2.05) is 60.7 Å². The van der Waals surface area contributed by atoms with Gasteiger partial charge in [0.25, 0.3) is 0 Å². The minimum atomic E-state index is -1.03. The molecule has 0 aliphatic carbocycles. The maximum absolute atomic E-state index is 11.8. The van der Waals surface area contributed by atoms with E-state index in [4.69, 9.17) is 15.2 Å². The van der Waals surface area contributed by atoms with Crippen LogP contribution in [-0.4, -0.2) is 18.0 Å². The van der Waals surface area contributed by atoms with E-state index in [-0.39, 0.29) is 19.6 Å². The molecule has 120 valence electrons. The third kappa shape index (κ3) is 5.92. The molecule has 0 aliphatic heterocycles. The van der Waals surface area contributed by atoms with E-state index in [0.29, 0.717) is 0 Å². The molecule has 0 unspecified atom stereocenters. The molecule has 0 bridgehead atoms. The zero-order chi connectivity index (χ0) is 16.5. The van der Waals surface area contributed by atoms with Gasteiger partial charge < -0.3 is 15.2 Å². The fourth-order valence-electron chi connectivity index (χ4n) is 1.90. The number of carbonyl (C=O) groups is 2. The van der Waals surface area contributed by atoms with Crippen molar-refractivity contribution in [1.82, 2.24) is 0 Å². The van der Waals surface area contributed by atoms with Crippen LogP contribution >= 0.6 is 0 Å². The number of rotatable bonds is 7. The molecule has 2 aromatic rings. The SMILES string of the molecule is N[C@H](CC(=O)OCc1ccccc1)C(=O)OCc1ccccc1. The lowest BCUT2D eigenvalue weighted by Crippen LogP contribution is -2.34. The van der Waals surface area contributed by atoms with Gasteiger partial charge in [-0.3, -0.25) is 9.59 Å². The first-order valence-electron chi connectivity index (χ1n) is 7.31. The molecule has 0 heterocycles. The van der Waals surface area contributed by atoms with E-state index in [9.17, 15) is 9.59 Å². The summed E-state index contributed by atoms with van der Waals surface area (Å²) in [6.45, 7) is 0.290. The maximum Gasteiger partial charge on any atom is 0.323 e. The average molecular weight is 313 g/mol. The molecule has 0 spiro atoms. The van der Waals surface area contributed by atoms with Crippen LogP contribution in [-0.2, 0) is 32.3 Å². The first-order chi connectivity index (χ1) is 11.1. The molecular weight excluding hydrogens is 294 g/mol. The lowest BCUT2D eigenvalue weighted by molar-refractivity contribution is -0.153. The molecule has 0 saturated carbocycles. The van der Waals surface area contributed by atoms with E-state index in [1.165, 1.54) is 0 Å². The fraction of sp³-hybridized carbons (Fsp3) is 0.222. The normalized spacial score (nSPS) is 11.5. The van der Waals surface area contributed by atoms with E-state index in [1.54, 1.807) is 0 Å². The summed E-state index contributed by atoms with van der Waals surface area (Å²) in [6, 6.07) is 17.5. The summed E-state index contributed by atoms with van der Waals surface area (Å²) in [4.78, 5) is 23.5. The van der Waals surface area contributed by atoms with Crippen LogP contribution in [0.3, 0.4) is 0 Å². The van der Waals surface area contributed by atoms with Crippen LogP contribution in [0.1, 0.15) is 17.5 Å². The molecule has 1 atom stereocenters. The predicted molar refractivity (Wildman–Crippen MR) is 85.1 cm³/mol. The van der Waals surface area contributed by atoms with Crippen molar-refractivity contribution in [2.75, 3.05) is 0 Å². The van der Waals surface area contributed by atoms with Gasteiger partial charge in [0.1, 0.15) is 19.3 Å². The monoisotopic (exact) mass is 313 g/mol. The molecule has 0 aromatic heterocycles. The van der Waals surface area contributed by atoms with Crippen molar-refractivity contribution in [2.45, 2.75) is 25.7 Å². The van der Waals surface area contributed by atoms with Gasteiger partial charge in [0.15, 0.2) is 0 Å². The van der Waals surface area contributed by atoms with Gasteiger partial charge in [-0.2, -0.15) is 0 Å². The van der Waals surface area contributed by atoms with E-state index < -0.39 is 18.0 Å². The summed E-state index contributed by atoms with van der Waals surface area (Å²) in [7, 11) is 0. The van der Waals surface area contributed by atoms with Gasteiger partial charge in [0, 0.05) is 0 Å². The third-order valence-electron chi connectivity index (χ3n) is 3.16. The number of hydrogen-bond acceptors (Lipinski definition) is 5. The van der Waals surface area contributed by atoms with Crippen molar-refractivity contribution in [3.8, 4) is 0 Å². The van der Waals surface area contributed by atoms with Gasteiger partial charge in [-0.15, -0.1) is 0 Å². The molecule has 0 fully saturated rings. The summed E-state index contributed by atoms with van der Waals surface area (Å²) in [5, 5.41) is 0. The summed E-state index contributed by atoms with van der Waals surface area (Å²) in [5.41, 5.74) is 7.41. The van der Waals surface area contributed by atoms with Crippen LogP contribution in [0.4, 0.5) is 0 Å². The average Bonchev–Trinajstić information content (AvgIpc) is 2.59. The molecular formula is C18H19NO4. The van der Waals surface area contributed by atoms with Crippen molar-refractivity contribution >= 4 is 11.9 Å². The van der Waals surface area contributed by atoms with Gasteiger partial charge in [0.05, 0.1) is 6.42 Å². The lowest BCUT2D eigenvalue weighted by Gasteiger charge is -2.11. The smallest absolute Gasteiger partial charge is 0.323 e. The predicted octanol–water partition coefficient (Wildman–Crippen LogP) is 2.19. The molecule has 2 aromatic carbocycles. The number of carbonyl (C=O) groups excluding carboxylic acids is 2. The summed E-state index contributed by atoms with van der Waals surface area (Å²) >= 11 is 0. The van der Waals surface area contributed by atoms with Crippen molar-refractivity contribution in [3.63, 3.8) is 0 Å². The third-order valence-corrected chi connectivity index (χ3v) is 3.16. The molecule has 2 rings (SSSR count). The molecule has 2 N–H and O–H groups in total. The Morgan fingerprint density at radius 2 is 1.30 bits per heavy atom. The number of hydrogen-bond donors (Lipinski definition) is 1. The first-order valence-corrected chi connectivity index (χ1v) is 7.31. The Bertz CT molecular complexity index is 628. The molecule has 5 nitrogen and oxygen atoms in total. The van der Waals surface area contributed by atoms with Crippen molar-refractivity contribution in [2.24, 2.45) is 5.73 Å². The van der Waals surface area contributed by atoms with Crippen molar-refractivity contribution < 1.29 is 19.1 Å². The summed E-state index contributed by atoms with van der Waals surface area (Å²) < 4.78 is 10.2. The molecule has 0 saturated heterocycles. The second kappa shape index (κ2) is 8.70. The Balaban J connectivity index is 1.71. The minimum Gasteiger partial charge on any atom is -0.461 e. The topological polar surface area (TPSA) is 78.6 Å². The molecule has 0 aliphatic rings. The number of benzene rings is 2. The van der Waals surface area contributed by atoms with Gasteiger partial charge in [-0.25, -0.2) is 0 Å². The van der Waals surface area contributed by atoms with Crippen LogP contribution in [0.5, 0.6) is 0 Å². The standard InChI is InChI=1S/C18H19NO4/c19-16(18(21)23-13-15-9-5-2-6-10-15)11-17(20)22-12-14-7-3-1-4-8-14/h1-10,16H,11-13,19H2/t16-/m1/s1. The number of ether oxygens (including phenoxy) is 2. The van der Waals surface area contributed by atoms with E-state index >= 15 is 0 Å². The lowest BCUT2D eigenvalue weighted by atomic mass is 10.2. The molecule has 0 radical (unpaired) electrons. The van der Waals surface area contributed by atoms with Crippen LogP contribution in [0.15, 0.2) is 60.7 Å². The Morgan fingerprint density at radius 3 is 1.83 bits per heavy atom. The van der Waals surface area contributed by atoms with Crippen molar-refractivity contribution in [3.05, 3.63) is 71.8 Å². The molecule has 5 heteroatoms. The van der Waals surface area contributed by atoms with E-state index in [2.05, 4.69) is 0 Å². The van der Waals surface area contributed by atoms with Crippen LogP contribution in [0, 0.1) is 0 Å². The fourth-order valence-corrected chi connectivity index (χ4v) is 1.90. The quantitative estimate of drug-likeness (QED) is 0.793. The summed E-state index contributed by atoms with van der Waals surface area (Å²) in [6.07, 6.45) is -0.208. The zero-order valence-corrected chi connectivity index (χ0v) is 12.7. The number of esters is 2. The zero-order valence-electron chi connectivity index (χ0n) is 12.7. The molecule has 0 amide bonds. The van der Waals surface area contributed by atoms with Gasteiger partial charge in [-0.1, -0.05) is 60.7 Å². The van der Waals surface area contributed by atoms with Gasteiger partial charge >= 0.3 is 11.9 Å². The van der Waals surface area contributed by atoms with Crippen LogP contribution < -0.4 is 5.73 Å². The van der Waals surface area contributed by atoms with Gasteiger partial charge in [0.2, 0.25) is 0 Å². The Labute approximate surface area is 135 Å². The second-order valence-corrected chi connectivity index (χ2v) is 5.05. The highest BCUT2D eigenvalue weighted by molar-refractivity contribution is 5.82. The Morgan fingerprint density at radius 1 is 0.826 bits per heavy atom. The highest BCUT2D eigenvalue weighted by atomic mass is 16.5. The Kier molecular flexibility index (Phi) is 6.32. The van der Waals surface area contributed by atoms with Crippen LogP contribution in [0.2, 0.25) is 0 Å². The maximum atomic E-state index is 11.8. The Hall–Kier alpha value is -2.66. The first kappa shape index (κ1) is 16.7. The van der Waals surface area contributed by atoms with Crippen LogP contribution in [0.25, 0.3) is 0 Å². The highest BCUT2D eigenvalue weighted by Crippen LogP contribution is 2.05. The van der Waals surface area contributed by atoms with Gasteiger partial charge in [-0.05, 0) is 11.1 Å². The summed E-state index contributed by atoms with van der Waals surface area (Å²) in [5.74, 6) is -1.15. The van der Waals surface area contributed by atoms with Crippen molar-refractivity contribution in [1.29, 1.82) is 0 Å². The second-order valence-electron chi connectivity index (χ2n) is 5.05. The minimum absolute atomic E-state index is 0.131.